The monoisotopic (exact) mass is 460 g/mol. The van der Waals surface area contributed by atoms with E-state index in [9.17, 15) is 5.11 Å². The average Bonchev–Trinajstić information content (AvgIpc) is 3.36. The van der Waals surface area contributed by atoms with Crippen molar-refractivity contribution in [2.45, 2.75) is 104 Å². The fraction of sp³-hybridized carbons (Fsp3) is 0.727. The number of rotatable bonds is 4. The van der Waals surface area contributed by atoms with Crippen molar-refractivity contribution in [2.75, 3.05) is 0 Å². The lowest BCUT2D eigenvalue weighted by Crippen LogP contribution is -2.41. The molecule has 11 heteroatoms. The molecule has 0 aliphatic carbocycles. The predicted octanol–water partition coefficient (Wildman–Crippen LogP) is 1.66. The van der Waals surface area contributed by atoms with E-state index in [1.54, 1.807) is 37.1 Å². The third kappa shape index (κ3) is 5.71. The third-order valence-corrected chi connectivity index (χ3v) is 6.77. The first kappa shape index (κ1) is 26.0. The van der Waals surface area contributed by atoms with Crippen molar-refractivity contribution in [2.24, 2.45) is 0 Å². The highest BCUT2D eigenvalue weighted by Gasteiger charge is 2.53. The van der Waals surface area contributed by atoms with Crippen molar-refractivity contribution in [3.8, 4) is 0 Å². The minimum absolute atomic E-state index is 0.283. The molecule has 0 amide bonds. The van der Waals surface area contributed by atoms with Gasteiger partial charge in [0.1, 0.15) is 0 Å². The molecule has 33 heavy (non-hydrogen) atoms. The van der Waals surface area contributed by atoms with Crippen LogP contribution in [0.15, 0.2) is 24.8 Å². The van der Waals surface area contributed by atoms with Crippen molar-refractivity contribution in [1.82, 2.24) is 20.0 Å². The number of hydrogen-bond acceptors (Lipinski definition) is 7. The quantitative estimate of drug-likeness (QED) is 0.670. The fourth-order valence-corrected chi connectivity index (χ4v) is 3.33. The number of H-pyrrole nitrogens is 1. The smallest absolute Gasteiger partial charge is 0.399 e. The normalized spacial score (nSPS) is 22.9. The minimum atomic E-state index is -0.792. The molecule has 0 atom stereocenters. The van der Waals surface area contributed by atoms with Gasteiger partial charge in [0, 0.05) is 35.7 Å². The van der Waals surface area contributed by atoms with E-state index in [-0.39, 0.29) is 29.5 Å². The Balaban J connectivity index is 0.000000194. The lowest BCUT2D eigenvalue weighted by Gasteiger charge is -2.32. The molecule has 182 valence electrons. The first-order valence-corrected chi connectivity index (χ1v) is 11.4. The molecule has 0 unspecified atom stereocenters. The van der Waals surface area contributed by atoms with E-state index >= 15 is 0 Å². The van der Waals surface area contributed by atoms with Gasteiger partial charge in [0.15, 0.2) is 0 Å². The molecule has 0 radical (unpaired) electrons. The lowest BCUT2D eigenvalue weighted by atomic mass is 9.82. The Kier molecular flexibility index (Phi) is 6.71. The van der Waals surface area contributed by atoms with Crippen LogP contribution in [0, 0.1) is 0 Å². The molecule has 4 heterocycles. The van der Waals surface area contributed by atoms with Gasteiger partial charge in [-0.3, -0.25) is 9.78 Å². The highest BCUT2D eigenvalue weighted by Crippen LogP contribution is 2.37. The van der Waals surface area contributed by atoms with Crippen molar-refractivity contribution < 1.29 is 23.7 Å². The van der Waals surface area contributed by atoms with Crippen LogP contribution in [-0.4, -0.2) is 67.3 Å². The van der Waals surface area contributed by atoms with Crippen LogP contribution in [0.2, 0.25) is 0 Å². The lowest BCUT2D eigenvalue weighted by molar-refractivity contribution is 0.00578. The van der Waals surface area contributed by atoms with Gasteiger partial charge in [-0.05, 0) is 69.2 Å². The molecule has 2 aliphatic heterocycles. The summed E-state index contributed by atoms with van der Waals surface area (Å²) in [4.78, 5) is 0. The highest BCUT2D eigenvalue weighted by atomic mass is 16.7. The molecule has 2 aromatic rings. The summed E-state index contributed by atoms with van der Waals surface area (Å²) in [5.41, 5.74) is -0.249. The maximum absolute atomic E-state index is 9.79. The molecule has 4 rings (SSSR count). The Labute approximate surface area is 197 Å². The predicted molar refractivity (Wildman–Crippen MR) is 129 cm³/mol. The summed E-state index contributed by atoms with van der Waals surface area (Å²) in [5.74, 6) is 0. The number of aliphatic hydroxyl groups is 1. The summed E-state index contributed by atoms with van der Waals surface area (Å²) in [6.45, 7) is 20.2. The Hall–Kier alpha value is -1.65. The molecule has 0 aromatic carbocycles. The van der Waals surface area contributed by atoms with E-state index in [1.807, 2.05) is 61.6 Å². The van der Waals surface area contributed by atoms with Gasteiger partial charge >= 0.3 is 14.2 Å². The van der Waals surface area contributed by atoms with E-state index in [2.05, 4.69) is 15.3 Å². The topological polar surface area (TPSA) is 104 Å². The van der Waals surface area contributed by atoms with Gasteiger partial charge in [-0.1, -0.05) is 0 Å². The van der Waals surface area contributed by atoms with Crippen LogP contribution in [0.5, 0.6) is 0 Å². The SMILES string of the molecule is CC(C)(O)Cn1cc(B2OC(C)(C)C(C)(C)O2)cn1.CC1(C)OB(c2cn[nH]c2)OC1(C)C. The zero-order valence-electron chi connectivity index (χ0n) is 21.6. The molecular weight excluding hydrogens is 422 g/mol. The maximum atomic E-state index is 9.79. The van der Waals surface area contributed by atoms with Crippen LogP contribution >= 0.6 is 0 Å². The van der Waals surface area contributed by atoms with Crippen LogP contribution < -0.4 is 10.9 Å². The van der Waals surface area contributed by atoms with E-state index in [4.69, 9.17) is 18.6 Å². The first-order valence-electron chi connectivity index (χ1n) is 11.4. The zero-order valence-corrected chi connectivity index (χ0v) is 21.6. The second-order valence-electron chi connectivity index (χ2n) is 11.5. The van der Waals surface area contributed by atoms with E-state index in [0.29, 0.717) is 6.54 Å². The van der Waals surface area contributed by atoms with Gasteiger partial charge in [-0.15, -0.1) is 0 Å². The molecule has 0 saturated carbocycles. The second kappa shape index (κ2) is 8.53. The van der Waals surface area contributed by atoms with Gasteiger partial charge in [0.2, 0.25) is 0 Å². The third-order valence-electron chi connectivity index (χ3n) is 6.77. The molecule has 2 fully saturated rings. The summed E-state index contributed by atoms with van der Waals surface area (Å²) in [7, 11) is -0.709. The summed E-state index contributed by atoms with van der Waals surface area (Å²) in [5, 5.41) is 20.7. The van der Waals surface area contributed by atoms with E-state index < -0.39 is 12.7 Å². The summed E-state index contributed by atoms with van der Waals surface area (Å²) >= 11 is 0. The van der Waals surface area contributed by atoms with E-state index in [0.717, 1.165) is 10.9 Å². The number of hydrogen-bond donors (Lipinski definition) is 2. The minimum Gasteiger partial charge on any atom is -0.399 e. The van der Waals surface area contributed by atoms with Crippen LogP contribution in [-0.2, 0) is 25.2 Å². The van der Waals surface area contributed by atoms with Crippen molar-refractivity contribution >= 4 is 25.2 Å². The van der Waals surface area contributed by atoms with Crippen molar-refractivity contribution in [3.05, 3.63) is 24.8 Å². The molecule has 9 nitrogen and oxygen atoms in total. The number of aromatic amines is 1. The van der Waals surface area contributed by atoms with Gasteiger partial charge < -0.3 is 23.7 Å². The number of nitrogens with one attached hydrogen (secondary N) is 1. The van der Waals surface area contributed by atoms with Crippen LogP contribution in [0.3, 0.4) is 0 Å². The summed E-state index contributed by atoms with van der Waals surface area (Å²) in [6, 6.07) is 0. The number of aromatic nitrogens is 4. The van der Waals surface area contributed by atoms with Gasteiger partial charge in [-0.2, -0.15) is 10.2 Å². The fourth-order valence-electron chi connectivity index (χ4n) is 3.33. The first-order chi connectivity index (χ1) is 14.9. The van der Waals surface area contributed by atoms with Crippen molar-refractivity contribution in [1.29, 1.82) is 0 Å². The Morgan fingerprint density at radius 3 is 1.70 bits per heavy atom. The zero-order chi connectivity index (χ0) is 24.9. The molecule has 0 spiro atoms. The maximum Gasteiger partial charge on any atom is 0.498 e. The van der Waals surface area contributed by atoms with Crippen LogP contribution in [0.1, 0.15) is 69.2 Å². The molecule has 0 bridgehead atoms. The Morgan fingerprint density at radius 2 is 1.30 bits per heavy atom. The highest BCUT2D eigenvalue weighted by molar-refractivity contribution is 6.62. The molecular formula is C22H38B2N4O5. The molecule has 2 aliphatic rings. The Morgan fingerprint density at radius 1 is 0.848 bits per heavy atom. The largest absolute Gasteiger partial charge is 0.498 e. The van der Waals surface area contributed by atoms with E-state index in [1.165, 1.54) is 0 Å². The van der Waals surface area contributed by atoms with Gasteiger partial charge in [0.05, 0.1) is 34.6 Å². The van der Waals surface area contributed by atoms with Crippen LogP contribution in [0.4, 0.5) is 0 Å². The average molecular weight is 460 g/mol. The molecule has 2 N–H and O–H groups in total. The summed E-state index contributed by atoms with van der Waals surface area (Å²) in [6.07, 6.45) is 7.11. The molecule has 2 saturated heterocycles. The molecule has 2 aromatic heterocycles. The van der Waals surface area contributed by atoms with Crippen molar-refractivity contribution in [3.63, 3.8) is 0 Å². The Bertz CT molecular complexity index is 903. The summed E-state index contributed by atoms with van der Waals surface area (Å²) < 4.78 is 25.3. The second-order valence-corrected chi connectivity index (χ2v) is 11.5. The van der Waals surface area contributed by atoms with Gasteiger partial charge in [0.25, 0.3) is 0 Å². The van der Waals surface area contributed by atoms with Crippen LogP contribution in [0.25, 0.3) is 0 Å². The van der Waals surface area contributed by atoms with Gasteiger partial charge in [-0.25, -0.2) is 0 Å². The standard InChI is InChI=1S/C13H23BN2O3.C9H15BN2O2/c1-11(2,17)9-16-8-10(7-15-16)14-18-12(3,4)13(5,6)19-14;1-8(2)9(3,4)14-10(13-8)7-5-11-12-6-7/h7-8,17H,9H2,1-6H3;5-6H,1-4H3,(H,11,12). The number of nitrogens with zero attached hydrogens (tertiary/aromatic N) is 3.